The Balaban J connectivity index is 2.02. The minimum atomic E-state index is 0.0444. The topological polar surface area (TPSA) is 22.0 Å². The molecule has 0 N–H and O–H groups in total. The second kappa shape index (κ2) is 8.04. The van der Waals surface area contributed by atoms with Crippen LogP contribution in [-0.4, -0.2) is 4.57 Å². The minimum absolute atomic E-state index is 0.0444. The minimum Gasteiger partial charge on any atom is -0.311 e. The molecule has 1 aromatic heterocycles. The van der Waals surface area contributed by atoms with Gasteiger partial charge in [-0.25, -0.2) is 0 Å². The third-order valence-electron chi connectivity index (χ3n) is 3.68. The van der Waals surface area contributed by atoms with E-state index in [4.69, 9.17) is 11.6 Å². The van der Waals surface area contributed by atoms with Crippen molar-refractivity contribution in [2.75, 3.05) is 0 Å². The van der Waals surface area contributed by atoms with Gasteiger partial charge in [-0.05, 0) is 36.1 Å². The van der Waals surface area contributed by atoms with Crippen molar-refractivity contribution < 1.29 is 0 Å². The van der Waals surface area contributed by atoms with Gasteiger partial charge in [0.2, 0.25) is 0 Å². The highest BCUT2D eigenvalue weighted by molar-refractivity contribution is 6.31. The van der Waals surface area contributed by atoms with Gasteiger partial charge in [0.15, 0.2) is 0 Å². The quantitative estimate of drug-likeness (QED) is 0.681. The highest BCUT2D eigenvalue weighted by atomic mass is 35.5. The molecule has 0 fully saturated rings. The molecule has 0 aliphatic rings. The standard InChI is InChI=1S/C18H22ClNO/c1-2-3-4-5-8-15-11-12-20(18(21)13-15)14-16-9-6-7-10-17(16)19/h6-7,9-13H,2-5,8,14H2,1H3. The number of unbranched alkanes of at least 4 members (excludes halogenated alkanes) is 3. The van der Waals surface area contributed by atoms with E-state index in [0.29, 0.717) is 11.6 Å². The van der Waals surface area contributed by atoms with Gasteiger partial charge >= 0.3 is 0 Å². The van der Waals surface area contributed by atoms with Crippen LogP contribution in [0.5, 0.6) is 0 Å². The van der Waals surface area contributed by atoms with Crippen LogP contribution in [0, 0.1) is 0 Å². The zero-order chi connectivity index (χ0) is 15.1. The Morgan fingerprint density at radius 3 is 2.62 bits per heavy atom. The molecule has 0 bridgehead atoms. The smallest absolute Gasteiger partial charge is 0.251 e. The van der Waals surface area contributed by atoms with Crippen molar-refractivity contribution >= 4 is 11.6 Å². The van der Waals surface area contributed by atoms with E-state index < -0.39 is 0 Å². The van der Waals surface area contributed by atoms with Crippen LogP contribution in [0.25, 0.3) is 0 Å². The summed E-state index contributed by atoms with van der Waals surface area (Å²) in [7, 11) is 0. The number of nitrogens with zero attached hydrogens (tertiary/aromatic N) is 1. The number of aromatic nitrogens is 1. The summed E-state index contributed by atoms with van der Waals surface area (Å²) in [6.45, 7) is 2.73. The van der Waals surface area contributed by atoms with Gasteiger partial charge in [-0.15, -0.1) is 0 Å². The SMILES string of the molecule is CCCCCCc1ccn(Cc2ccccc2Cl)c(=O)c1. The Morgan fingerprint density at radius 2 is 1.90 bits per heavy atom. The summed E-state index contributed by atoms with van der Waals surface area (Å²) in [5, 5.41) is 0.702. The molecule has 0 aliphatic carbocycles. The Hall–Kier alpha value is -1.54. The zero-order valence-corrected chi connectivity index (χ0v) is 13.3. The fourth-order valence-corrected chi connectivity index (χ4v) is 2.60. The first-order chi connectivity index (χ1) is 10.2. The number of halogens is 1. The summed E-state index contributed by atoms with van der Waals surface area (Å²) < 4.78 is 1.71. The van der Waals surface area contributed by atoms with Crippen LogP contribution < -0.4 is 5.56 Å². The number of rotatable bonds is 7. The molecule has 2 aromatic rings. The normalized spacial score (nSPS) is 10.8. The third kappa shape index (κ3) is 4.75. The summed E-state index contributed by atoms with van der Waals surface area (Å²) in [4.78, 5) is 12.2. The van der Waals surface area contributed by atoms with Crippen LogP contribution in [0.4, 0.5) is 0 Å². The first kappa shape index (κ1) is 15.8. The van der Waals surface area contributed by atoms with Crippen molar-refractivity contribution in [1.82, 2.24) is 4.57 Å². The second-order valence-electron chi connectivity index (χ2n) is 5.40. The van der Waals surface area contributed by atoms with Crippen molar-refractivity contribution in [2.24, 2.45) is 0 Å². The van der Waals surface area contributed by atoms with Gasteiger partial charge in [-0.1, -0.05) is 56.0 Å². The Labute approximate surface area is 131 Å². The van der Waals surface area contributed by atoms with Crippen molar-refractivity contribution in [3.63, 3.8) is 0 Å². The summed E-state index contributed by atoms with van der Waals surface area (Å²) in [5.74, 6) is 0. The molecule has 0 saturated heterocycles. The van der Waals surface area contributed by atoms with E-state index >= 15 is 0 Å². The van der Waals surface area contributed by atoms with E-state index in [1.807, 2.05) is 36.5 Å². The first-order valence-corrected chi connectivity index (χ1v) is 8.01. The largest absolute Gasteiger partial charge is 0.311 e. The number of benzene rings is 1. The molecule has 1 heterocycles. The van der Waals surface area contributed by atoms with Crippen LogP contribution in [-0.2, 0) is 13.0 Å². The van der Waals surface area contributed by atoms with Gasteiger partial charge in [0.25, 0.3) is 5.56 Å². The molecule has 1 aromatic carbocycles. The van der Waals surface area contributed by atoms with Crippen LogP contribution in [0.1, 0.15) is 43.7 Å². The second-order valence-corrected chi connectivity index (χ2v) is 5.81. The maximum absolute atomic E-state index is 12.2. The monoisotopic (exact) mass is 303 g/mol. The molecule has 0 amide bonds. The average molecular weight is 304 g/mol. The summed E-state index contributed by atoms with van der Waals surface area (Å²) in [6.07, 6.45) is 7.76. The van der Waals surface area contributed by atoms with Crippen molar-refractivity contribution in [3.8, 4) is 0 Å². The lowest BCUT2D eigenvalue weighted by Gasteiger charge is -2.08. The maximum Gasteiger partial charge on any atom is 0.251 e. The van der Waals surface area contributed by atoms with Crippen molar-refractivity contribution in [3.05, 3.63) is 69.1 Å². The lowest BCUT2D eigenvalue weighted by atomic mass is 10.1. The van der Waals surface area contributed by atoms with Gasteiger partial charge in [0.1, 0.15) is 0 Å². The van der Waals surface area contributed by atoms with Crippen LogP contribution in [0.2, 0.25) is 5.02 Å². The molecule has 0 aliphatic heterocycles. The molecule has 112 valence electrons. The van der Waals surface area contributed by atoms with Gasteiger partial charge in [0.05, 0.1) is 6.54 Å². The summed E-state index contributed by atoms with van der Waals surface area (Å²) in [5.41, 5.74) is 2.14. The Bertz CT molecular complexity index is 633. The van der Waals surface area contributed by atoms with Gasteiger partial charge < -0.3 is 4.57 Å². The lowest BCUT2D eigenvalue weighted by molar-refractivity contribution is 0.663. The molecule has 0 saturated carbocycles. The van der Waals surface area contributed by atoms with Gasteiger partial charge in [-0.3, -0.25) is 4.79 Å². The van der Waals surface area contributed by atoms with E-state index in [2.05, 4.69) is 6.92 Å². The van der Waals surface area contributed by atoms with Crippen LogP contribution in [0.15, 0.2) is 47.4 Å². The van der Waals surface area contributed by atoms with E-state index in [1.165, 1.54) is 19.3 Å². The zero-order valence-electron chi connectivity index (χ0n) is 12.5. The van der Waals surface area contributed by atoms with E-state index in [9.17, 15) is 4.79 Å². The number of hydrogen-bond donors (Lipinski definition) is 0. The predicted molar refractivity (Wildman–Crippen MR) is 89.1 cm³/mol. The molecule has 0 unspecified atom stereocenters. The molecule has 0 atom stereocenters. The molecule has 21 heavy (non-hydrogen) atoms. The third-order valence-corrected chi connectivity index (χ3v) is 4.05. The Morgan fingerprint density at radius 1 is 1.10 bits per heavy atom. The number of aryl methyl sites for hydroxylation is 1. The number of hydrogen-bond acceptors (Lipinski definition) is 1. The molecule has 2 rings (SSSR count). The average Bonchev–Trinajstić information content (AvgIpc) is 2.48. The molecular weight excluding hydrogens is 282 g/mol. The maximum atomic E-state index is 12.2. The summed E-state index contributed by atoms with van der Waals surface area (Å²) >= 11 is 6.14. The van der Waals surface area contributed by atoms with E-state index in [0.717, 1.165) is 24.0 Å². The van der Waals surface area contributed by atoms with Crippen LogP contribution >= 0.6 is 11.6 Å². The molecule has 2 nitrogen and oxygen atoms in total. The molecule has 0 radical (unpaired) electrons. The van der Waals surface area contributed by atoms with E-state index in [1.54, 1.807) is 10.6 Å². The highest BCUT2D eigenvalue weighted by Crippen LogP contribution is 2.15. The van der Waals surface area contributed by atoms with Crippen molar-refractivity contribution in [2.45, 2.75) is 45.6 Å². The summed E-state index contributed by atoms with van der Waals surface area (Å²) in [6, 6.07) is 11.4. The van der Waals surface area contributed by atoms with Gasteiger partial charge in [-0.2, -0.15) is 0 Å². The first-order valence-electron chi connectivity index (χ1n) is 7.63. The van der Waals surface area contributed by atoms with E-state index in [-0.39, 0.29) is 5.56 Å². The fraction of sp³-hybridized carbons (Fsp3) is 0.389. The molecule has 0 spiro atoms. The fourth-order valence-electron chi connectivity index (χ4n) is 2.40. The highest BCUT2D eigenvalue weighted by Gasteiger charge is 2.03. The Kier molecular flexibility index (Phi) is 6.06. The van der Waals surface area contributed by atoms with Crippen molar-refractivity contribution in [1.29, 1.82) is 0 Å². The predicted octanol–water partition coefficient (Wildman–Crippen LogP) is 4.67. The molecular formula is C18H22ClNO. The molecule has 3 heteroatoms. The lowest BCUT2D eigenvalue weighted by Crippen LogP contribution is -2.19. The van der Waals surface area contributed by atoms with Gasteiger partial charge in [0, 0.05) is 17.3 Å². The van der Waals surface area contributed by atoms with Crippen LogP contribution in [0.3, 0.4) is 0 Å². The number of pyridine rings is 1.